The van der Waals surface area contributed by atoms with Crippen LogP contribution in [0.25, 0.3) is 0 Å². The van der Waals surface area contributed by atoms with Crippen molar-refractivity contribution >= 4 is 34.0 Å². The molecule has 0 aliphatic rings. The molecule has 0 bridgehead atoms. The molecule has 6 nitrogen and oxygen atoms in total. The minimum absolute atomic E-state index is 0.00436. The molecule has 0 heterocycles. The number of rotatable bonds is 7. The average molecular weight is 466 g/mol. The number of phenols is 1. The molecule has 0 spiro atoms. The highest BCUT2D eigenvalue weighted by atomic mass is 79.9. The first-order valence-electron chi connectivity index (χ1n) is 9.24. The van der Waals surface area contributed by atoms with Crippen LogP contribution in [0.15, 0.2) is 88.4 Å². The Bertz CT molecular complexity index is 1040. The molecule has 0 radical (unpaired) electrons. The number of benzene rings is 3. The smallest absolute Gasteiger partial charge is 0.251 e. The molecule has 2 amide bonds. The zero-order valence-electron chi connectivity index (χ0n) is 16.0. The van der Waals surface area contributed by atoms with Gasteiger partial charge in [0.15, 0.2) is 0 Å². The molecular weight excluding hydrogens is 446 g/mol. The van der Waals surface area contributed by atoms with E-state index in [0.29, 0.717) is 11.1 Å². The Kier molecular flexibility index (Phi) is 7.34. The number of aromatic hydroxyl groups is 1. The molecule has 0 fully saturated rings. The van der Waals surface area contributed by atoms with E-state index in [-0.39, 0.29) is 24.0 Å². The van der Waals surface area contributed by atoms with Crippen LogP contribution in [-0.2, 0) is 4.79 Å². The molecule has 0 aliphatic heterocycles. The van der Waals surface area contributed by atoms with Crippen LogP contribution in [-0.4, -0.2) is 23.1 Å². The second-order valence-corrected chi connectivity index (χ2v) is 7.42. The lowest BCUT2D eigenvalue weighted by Gasteiger charge is -2.18. The zero-order chi connectivity index (χ0) is 21.3. The van der Waals surface area contributed by atoms with Gasteiger partial charge in [0.25, 0.3) is 5.91 Å². The molecule has 0 aliphatic carbocycles. The number of hydrogen-bond donors (Lipinski definition) is 3. The highest BCUT2D eigenvalue weighted by Gasteiger charge is 2.19. The van der Waals surface area contributed by atoms with Crippen LogP contribution in [0, 0.1) is 0 Å². The van der Waals surface area contributed by atoms with Crippen molar-refractivity contribution in [3.05, 3.63) is 100 Å². The van der Waals surface area contributed by atoms with Crippen molar-refractivity contribution in [2.24, 2.45) is 5.10 Å². The van der Waals surface area contributed by atoms with E-state index in [4.69, 9.17) is 0 Å². The molecule has 0 saturated heterocycles. The second kappa shape index (κ2) is 10.4. The van der Waals surface area contributed by atoms with Crippen molar-refractivity contribution in [1.29, 1.82) is 0 Å². The number of halogens is 1. The summed E-state index contributed by atoms with van der Waals surface area (Å²) in [6, 6.07) is 22.5. The number of phenolic OH excluding ortho intramolecular Hbond substituents is 1. The number of nitrogens with one attached hydrogen (secondary N) is 2. The third-order valence-corrected chi connectivity index (χ3v) is 4.81. The van der Waals surface area contributed by atoms with Crippen molar-refractivity contribution in [1.82, 2.24) is 10.7 Å². The van der Waals surface area contributed by atoms with Gasteiger partial charge in [0.1, 0.15) is 5.75 Å². The fourth-order valence-electron chi connectivity index (χ4n) is 2.80. The van der Waals surface area contributed by atoms with Crippen LogP contribution in [0.5, 0.6) is 5.75 Å². The summed E-state index contributed by atoms with van der Waals surface area (Å²) in [6.45, 7) is 0. The molecule has 3 aromatic carbocycles. The lowest BCUT2D eigenvalue weighted by atomic mass is 10.0. The highest BCUT2D eigenvalue weighted by Crippen LogP contribution is 2.20. The van der Waals surface area contributed by atoms with Gasteiger partial charge in [-0.3, -0.25) is 9.59 Å². The average Bonchev–Trinajstić information content (AvgIpc) is 2.77. The first-order chi connectivity index (χ1) is 14.5. The lowest BCUT2D eigenvalue weighted by Crippen LogP contribution is -2.32. The van der Waals surface area contributed by atoms with Crippen molar-refractivity contribution in [2.75, 3.05) is 0 Å². The Labute approximate surface area is 182 Å². The minimum Gasteiger partial charge on any atom is -0.507 e. The minimum atomic E-state index is -0.520. The third kappa shape index (κ3) is 6.02. The van der Waals surface area contributed by atoms with Gasteiger partial charge in [0, 0.05) is 15.6 Å². The van der Waals surface area contributed by atoms with Crippen LogP contribution in [0.4, 0.5) is 0 Å². The summed E-state index contributed by atoms with van der Waals surface area (Å²) in [5.41, 5.74) is 4.23. The summed E-state index contributed by atoms with van der Waals surface area (Å²) in [6.07, 6.45) is 1.36. The molecular formula is C23H20BrN3O3. The maximum Gasteiger partial charge on any atom is 0.251 e. The molecule has 3 N–H and O–H groups in total. The van der Waals surface area contributed by atoms with Crippen molar-refractivity contribution in [2.45, 2.75) is 12.5 Å². The first-order valence-corrected chi connectivity index (χ1v) is 10.0. The number of nitrogens with zero attached hydrogens (tertiary/aromatic N) is 1. The SMILES string of the molecule is O=C(C[C@@H](NC(=O)c1ccccc1)c1ccccc1)N/N=C\c1cc(Br)ccc1O. The van der Waals surface area contributed by atoms with E-state index in [0.717, 1.165) is 10.0 Å². The highest BCUT2D eigenvalue weighted by molar-refractivity contribution is 9.10. The molecule has 0 aromatic heterocycles. The van der Waals surface area contributed by atoms with Crippen LogP contribution in [0.2, 0.25) is 0 Å². The Morgan fingerprint density at radius 2 is 1.67 bits per heavy atom. The van der Waals surface area contributed by atoms with Gasteiger partial charge in [-0.15, -0.1) is 0 Å². The largest absolute Gasteiger partial charge is 0.507 e. The Balaban J connectivity index is 1.68. The second-order valence-electron chi connectivity index (χ2n) is 6.50. The molecule has 7 heteroatoms. The third-order valence-electron chi connectivity index (χ3n) is 4.32. The molecule has 3 rings (SSSR count). The molecule has 152 valence electrons. The van der Waals surface area contributed by atoms with E-state index < -0.39 is 6.04 Å². The number of hydrazone groups is 1. The Morgan fingerprint density at radius 1 is 1.00 bits per heavy atom. The molecule has 0 saturated carbocycles. The number of carbonyl (C=O) groups excluding carboxylic acids is 2. The molecule has 30 heavy (non-hydrogen) atoms. The predicted octanol–water partition coefficient (Wildman–Crippen LogP) is 4.17. The number of carbonyl (C=O) groups is 2. The summed E-state index contributed by atoms with van der Waals surface area (Å²) in [5.74, 6) is -0.587. The van der Waals surface area contributed by atoms with Gasteiger partial charge in [-0.05, 0) is 35.9 Å². The summed E-state index contributed by atoms with van der Waals surface area (Å²) < 4.78 is 0.779. The summed E-state index contributed by atoms with van der Waals surface area (Å²) >= 11 is 3.32. The number of hydrogen-bond acceptors (Lipinski definition) is 4. The summed E-state index contributed by atoms with van der Waals surface area (Å²) in [7, 11) is 0. The van der Waals surface area contributed by atoms with Crippen molar-refractivity contribution in [3.63, 3.8) is 0 Å². The van der Waals surface area contributed by atoms with E-state index in [1.807, 2.05) is 36.4 Å². The predicted molar refractivity (Wildman–Crippen MR) is 119 cm³/mol. The standard InChI is InChI=1S/C23H20BrN3O3/c24-19-11-12-21(28)18(13-19)15-25-27-22(29)14-20(16-7-3-1-4-8-16)26-23(30)17-9-5-2-6-10-17/h1-13,15,20,28H,14H2,(H,26,30)(H,27,29)/b25-15-/t20-/m1/s1. The van der Waals surface area contributed by atoms with Gasteiger partial charge in [-0.2, -0.15) is 5.10 Å². The van der Waals surface area contributed by atoms with E-state index in [9.17, 15) is 14.7 Å². The maximum atomic E-state index is 12.6. The lowest BCUT2D eigenvalue weighted by molar-refractivity contribution is -0.121. The quantitative estimate of drug-likeness (QED) is 0.361. The monoisotopic (exact) mass is 465 g/mol. The first kappa shape index (κ1) is 21.3. The van der Waals surface area contributed by atoms with Gasteiger partial charge in [-0.25, -0.2) is 5.43 Å². The molecule has 1 atom stereocenters. The number of amides is 2. The van der Waals surface area contributed by atoms with Crippen molar-refractivity contribution < 1.29 is 14.7 Å². The van der Waals surface area contributed by atoms with Gasteiger partial charge >= 0.3 is 0 Å². The maximum absolute atomic E-state index is 12.6. The van der Waals surface area contributed by atoms with E-state index in [1.165, 1.54) is 12.3 Å². The van der Waals surface area contributed by atoms with Crippen LogP contribution in [0.1, 0.15) is 33.9 Å². The Morgan fingerprint density at radius 3 is 2.37 bits per heavy atom. The zero-order valence-corrected chi connectivity index (χ0v) is 17.5. The van der Waals surface area contributed by atoms with E-state index in [1.54, 1.807) is 36.4 Å². The van der Waals surface area contributed by atoms with Gasteiger partial charge in [-0.1, -0.05) is 64.5 Å². The van der Waals surface area contributed by atoms with Gasteiger partial charge in [0.2, 0.25) is 5.91 Å². The fourth-order valence-corrected chi connectivity index (χ4v) is 3.18. The summed E-state index contributed by atoms with van der Waals surface area (Å²) in [5, 5.41) is 16.6. The van der Waals surface area contributed by atoms with E-state index in [2.05, 4.69) is 31.8 Å². The molecule has 3 aromatic rings. The normalized spacial score (nSPS) is 11.8. The molecule has 0 unspecified atom stereocenters. The van der Waals surface area contributed by atoms with Crippen molar-refractivity contribution in [3.8, 4) is 5.75 Å². The van der Waals surface area contributed by atoms with Crippen LogP contribution in [0.3, 0.4) is 0 Å². The topological polar surface area (TPSA) is 90.8 Å². The Hall–Kier alpha value is -3.45. The summed E-state index contributed by atoms with van der Waals surface area (Å²) in [4.78, 5) is 25.0. The van der Waals surface area contributed by atoms with Crippen LogP contribution < -0.4 is 10.7 Å². The van der Waals surface area contributed by atoms with E-state index >= 15 is 0 Å². The van der Waals surface area contributed by atoms with Crippen LogP contribution >= 0.6 is 15.9 Å². The fraction of sp³-hybridized carbons (Fsp3) is 0.0870. The van der Waals surface area contributed by atoms with Gasteiger partial charge < -0.3 is 10.4 Å². The van der Waals surface area contributed by atoms with Gasteiger partial charge in [0.05, 0.1) is 18.7 Å².